The van der Waals surface area contributed by atoms with E-state index in [9.17, 15) is 4.79 Å². The summed E-state index contributed by atoms with van der Waals surface area (Å²) in [6, 6.07) is 21.6. The molecule has 0 spiro atoms. The van der Waals surface area contributed by atoms with Crippen molar-refractivity contribution >= 4 is 5.78 Å². The fourth-order valence-corrected chi connectivity index (χ4v) is 4.93. The molecule has 1 aliphatic carbocycles. The van der Waals surface area contributed by atoms with Gasteiger partial charge in [0.1, 0.15) is 5.78 Å². The first-order valence-corrected chi connectivity index (χ1v) is 9.55. The van der Waals surface area contributed by atoms with E-state index in [4.69, 9.17) is 0 Å². The van der Waals surface area contributed by atoms with Gasteiger partial charge >= 0.3 is 0 Å². The molecular formula is C23H27NO. The fourth-order valence-electron chi connectivity index (χ4n) is 4.93. The lowest BCUT2D eigenvalue weighted by Gasteiger charge is -2.51. The molecule has 4 rings (SSSR count). The van der Waals surface area contributed by atoms with Crippen LogP contribution in [0.4, 0.5) is 0 Å². The van der Waals surface area contributed by atoms with Crippen molar-refractivity contribution in [2.45, 2.75) is 38.6 Å². The zero-order valence-electron chi connectivity index (χ0n) is 14.9. The molecule has 2 fully saturated rings. The Bertz CT molecular complexity index is 711. The maximum absolute atomic E-state index is 12.1. The van der Waals surface area contributed by atoms with Crippen molar-refractivity contribution in [1.82, 2.24) is 4.90 Å². The van der Waals surface area contributed by atoms with Gasteiger partial charge in [-0.3, -0.25) is 9.69 Å². The second kappa shape index (κ2) is 7.13. The first kappa shape index (κ1) is 16.5. The van der Waals surface area contributed by atoms with Gasteiger partial charge in [0, 0.05) is 25.9 Å². The van der Waals surface area contributed by atoms with E-state index in [1.165, 1.54) is 11.1 Å². The van der Waals surface area contributed by atoms with Gasteiger partial charge < -0.3 is 0 Å². The quantitative estimate of drug-likeness (QED) is 0.821. The van der Waals surface area contributed by atoms with E-state index in [2.05, 4.69) is 65.6 Å². The van der Waals surface area contributed by atoms with Crippen LogP contribution < -0.4 is 0 Å². The Balaban J connectivity index is 1.55. The largest absolute Gasteiger partial charge is 0.300 e. The summed E-state index contributed by atoms with van der Waals surface area (Å²) in [4.78, 5) is 14.7. The van der Waals surface area contributed by atoms with Crippen molar-refractivity contribution in [2.75, 3.05) is 13.1 Å². The van der Waals surface area contributed by atoms with Crippen molar-refractivity contribution < 1.29 is 4.79 Å². The average Bonchev–Trinajstić information content (AvgIpc) is 2.64. The number of likely N-dealkylation sites (tertiary alicyclic amines) is 1. The summed E-state index contributed by atoms with van der Waals surface area (Å²) in [6.45, 7) is 3.26. The minimum absolute atomic E-state index is 0.266. The van der Waals surface area contributed by atoms with Crippen LogP contribution in [0.1, 0.15) is 36.8 Å². The van der Waals surface area contributed by atoms with Crippen molar-refractivity contribution in [2.24, 2.45) is 11.3 Å². The highest BCUT2D eigenvalue weighted by molar-refractivity contribution is 5.79. The first-order chi connectivity index (χ1) is 12.2. The fraction of sp³-hybridized carbons (Fsp3) is 0.435. The first-order valence-electron chi connectivity index (χ1n) is 9.55. The van der Waals surface area contributed by atoms with Crippen LogP contribution in [-0.4, -0.2) is 23.8 Å². The number of Topliss-reactive ketones (excluding diaryl/α,β-unsaturated/α-hetero) is 1. The number of nitrogens with zero attached hydrogens (tertiary/aromatic N) is 1. The Morgan fingerprint density at radius 2 is 1.64 bits per heavy atom. The van der Waals surface area contributed by atoms with Gasteiger partial charge in [0.25, 0.3) is 0 Å². The van der Waals surface area contributed by atoms with Crippen LogP contribution in [0.15, 0.2) is 60.7 Å². The lowest BCUT2D eigenvalue weighted by Crippen LogP contribution is -2.52. The SMILES string of the molecule is O=C1CC[C@]2(Cc3ccccc3)CN(Cc3ccccc3)CC[C@H]2C1. The van der Waals surface area contributed by atoms with Gasteiger partial charge in [0.05, 0.1) is 0 Å². The lowest BCUT2D eigenvalue weighted by atomic mass is 9.60. The van der Waals surface area contributed by atoms with E-state index in [0.29, 0.717) is 11.7 Å². The van der Waals surface area contributed by atoms with Crippen LogP contribution in [0.3, 0.4) is 0 Å². The monoisotopic (exact) mass is 333 g/mol. The summed E-state index contributed by atoms with van der Waals surface area (Å²) in [5.41, 5.74) is 3.08. The Hall–Kier alpha value is -1.93. The normalized spacial score (nSPS) is 27.0. The molecule has 1 aliphatic heterocycles. The van der Waals surface area contributed by atoms with E-state index in [-0.39, 0.29) is 5.41 Å². The standard InChI is InChI=1S/C23H27NO/c25-22-11-13-23(16-19-7-3-1-4-8-19)18-24(14-12-21(23)15-22)17-20-9-5-2-6-10-20/h1-10,21H,11-18H2/t21-,23-/m0/s1. The maximum atomic E-state index is 12.1. The molecule has 0 unspecified atom stereocenters. The van der Waals surface area contributed by atoms with Crippen LogP contribution >= 0.6 is 0 Å². The maximum Gasteiger partial charge on any atom is 0.133 e. The van der Waals surface area contributed by atoms with Crippen LogP contribution in [-0.2, 0) is 17.8 Å². The highest BCUT2D eigenvalue weighted by Gasteiger charge is 2.46. The summed E-state index contributed by atoms with van der Waals surface area (Å²) < 4.78 is 0. The number of ketones is 1. The lowest BCUT2D eigenvalue weighted by molar-refractivity contribution is -0.128. The third-order valence-electron chi connectivity index (χ3n) is 6.22. The Morgan fingerprint density at radius 1 is 0.960 bits per heavy atom. The summed E-state index contributed by atoms with van der Waals surface area (Å²) in [7, 11) is 0. The number of hydrogen-bond donors (Lipinski definition) is 0. The summed E-state index contributed by atoms with van der Waals surface area (Å²) in [5.74, 6) is 1.03. The number of carbonyl (C=O) groups excluding carboxylic acids is 1. The molecule has 2 aliphatic rings. The van der Waals surface area contributed by atoms with Crippen molar-refractivity contribution in [3.05, 3.63) is 71.8 Å². The molecule has 2 heteroatoms. The predicted molar refractivity (Wildman–Crippen MR) is 101 cm³/mol. The van der Waals surface area contributed by atoms with Gasteiger partial charge in [-0.1, -0.05) is 60.7 Å². The molecule has 2 aromatic rings. The minimum Gasteiger partial charge on any atom is -0.300 e. The third kappa shape index (κ3) is 3.69. The average molecular weight is 333 g/mol. The molecule has 0 radical (unpaired) electrons. The van der Waals surface area contributed by atoms with Crippen LogP contribution in [0.25, 0.3) is 0 Å². The van der Waals surface area contributed by atoms with Crippen molar-refractivity contribution in [3.63, 3.8) is 0 Å². The zero-order chi connectivity index (χ0) is 17.1. The van der Waals surface area contributed by atoms with Crippen LogP contribution in [0.5, 0.6) is 0 Å². The highest BCUT2D eigenvalue weighted by atomic mass is 16.1. The molecule has 25 heavy (non-hydrogen) atoms. The third-order valence-corrected chi connectivity index (χ3v) is 6.22. The van der Waals surface area contributed by atoms with Gasteiger partial charge in [0.15, 0.2) is 0 Å². The molecule has 0 bridgehead atoms. The van der Waals surface area contributed by atoms with E-state index < -0.39 is 0 Å². The van der Waals surface area contributed by atoms with E-state index in [1.54, 1.807) is 0 Å². The summed E-state index contributed by atoms with van der Waals surface area (Å²) in [6.07, 6.45) is 4.88. The molecule has 0 amide bonds. The topological polar surface area (TPSA) is 20.3 Å². The molecule has 1 heterocycles. The van der Waals surface area contributed by atoms with Gasteiger partial charge in [-0.2, -0.15) is 0 Å². The minimum atomic E-state index is 0.266. The summed E-state index contributed by atoms with van der Waals surface area (Å²) in [5, 5.41) is 0. The Kier molecular flexibility index (Phi) is 4.72. The number of rotatable bonds is 4. The number of hydrogen-bond acceptors (Lipinski definition) is 2. The van der Waals surface area contributed by atoms with E-state index >= 15 is 0 Å². The summed E-state index contributed by atoms with van der Waals surface area (Å²) >= 11 is 0. The Labute approximate surface area is 150 Å². The molecule has 1 saturated heterocycles. The number of piperidine rings is 1. The molecule has 0 N–H and O–H groups in total. The molecule has 130 valence electrons. The molecule has 2 aromatic carbocycles. The van der Waals surface area contributed by atoms with E-state index in [0.717, 1.165) is 51.7 Å². The van der Waals surface area contributed by atoms with Gasteiger partial charge in [-0.05, 0) is 48.3 Å². The molecule has 0 aromatic heterocycles. The van der Waals surface area contributed by atoms with Gasteiger partial charge in [-0.25, -0.2) is 0 Å². The van der Waals surface area contributed by atoms with Crippen LogP contribution in [0.2, 0.25) is 0 Å². The highest BCUT2D eigenvalue weighted by Crippen LogP contribution is 2.47. The number of carbonyl (C=O) groups is 1. The Morgan fingerprint density at radius 3 is 2.36 bits per heavy atom. The zero-order valence-corrected chi connectivity index (χ0v) is 14.9. The van der Waals surface area contributed by atoms with Crippen molar-refractivity contribution in [3.8, 4) is 0 Å². The second-order valence-electron chi connectivity index (χ2n) is 7.95. The smallest absolute Gasteiger partial charge is 0.133 e. The van der Waals surface area contributed by atoms with E-state index in [1.807, 2.05) is 0 Å². The molecule has 1 saturated carbocycles. The number of fused-ring (bicyclic) bond motifs is 1. The van der Waals surface area contributed by atoms with Crippen molar-refractivity contribution in [1.29, 1.82) is 0 Å². The second-order valence-corrected chi connectivity index (χ2v) is 7.95. The molecule has 2 nitrogen and oxygen atoms in total. The van der Waals surface area contributed by atoms with Crippen LogP contribution in [0, 0.1) is 11.3 Å². The van der Waals surface area contributed by atoms with Gasteiger partial charge in [0.2, 0.25) is 0 Å². The number of benzene rings is 2. The molecule has 2 atom stereocenters. The molecular weight excluding hydrogens is 306 g/mol. The van der Waals surface area contributed by atoms with Gasteiger partial charge in [-0.15, -0.1) is 0 Å². The predicted octanol–water partition coefficient (Wildman–Crippen LogP) is 4.49.